The van der Waals surface area contributed by atoms with Crippen LogP contribution in [0.4, 0.5) is 13.2 Å². The Bertz CT molecular complexity index is 1460. The predicted octanol–water partition coefficient (Wildman–Crippen LogP) is 6.13. The van der Waals surface area contributed by atoms with Gasteiger partial charge in [-0.25, -0.2) is 4.98 Å². The van der Waals surface area contributed by atoms with Gasteiger partial charge in [-0.1, -0.05) is 36.9 Å². The second kappa shape index (κ2) is 9.80. The standard InChI is InChI=1S/C25H17F3IN3O2/c1-2-12-34-22-11-10-16(13-20(22)29)15-30-32-23(17-6-5-7-18(14-17)25(26,27)28)31-21-9-4-3-8-19(21)24(32)33/h2-11,13-15H,1,12H2. The van der Waals surface area contributed by atoms with Gasteiger partial charge >= 0.3 is 6.18 Å². The molecule has 4 aromatic rings. The van der Waals surface area contributed by atoms with Crippen LogP contribution in [0.5, 0.6) is 5.75 Å². The van der Waals surface area contributed by atoms with Crippen LogP contribution in [0.15, 0.2) is 89.3 Å². The predicted molar refractivity (Wildman–Crippen MR) is 134 cm³/mol. The number of hydrogen-bond donors (Lipinski definition) is 0. The number of rotatable bonds is 6. The van der Waals surface area contributed by atoms with Crippen LogP contribution in [0.2, 0.25) is 0 Å². The number of alkyl halides is 3. The van der Waals surface area contributed by atoms with Crippen molar-refractivity contribution in [3.8, 4) is 17.1 Å². The van der Waals surface area contributed by atoms with E-state index in [1.54, 1.807) is 42.5 Å². The first-order chi connectivity index (χ1) is 16.3. The number of para-hydroxylation sites is 1. The Morgan fingerprint density at radius 1 is 1.09 bits per heavy atom. The molecule has 0 aliphatic heterocycles. The lowest BCUT2D eigenvalue weighted by atomic mass is 10.1. The molecule has 0 aliphatic rings. The molecule has 0 N–H and O–H groups in total. The average Bonchev–Trinajstić information content (AvgIpc) is 2.82. The van der Waals surface area contributed by atoms with Crippen molar-refractivity contribution in [3.05, 3.63) is 104 Å². The van der Waals surface area contributed by atoms with Gasteiger partial charge in [0, 0.05) is 5.56 Å². The van der Waals surface area contributed by atoms with Gasteiger partial charge < -0.3 is 4.74 Å². The van der Waals surface area contributed by atoms with E-state index in [0.29, 0.717) is 28.8 Å². The van der Waals surface area contributed by atoms with Crippen molar-refractivity contribution in [1.82, 2.24) is 9.66 Å². The summed E-state index contributed by atoms with van der Waals surface area (Å²) in [6, 6.07) is 16.6. The summed E-state index contributed by atoms with van der Waals surface area (Å²) in [4.78, 5) is 17.7. The lowest BCUT2D eigenvalue weighted by Gasteiger charge is -2.12. The van der Waals surface area contributed by atoms with Gasteiger partial charge in [0.15, 0.2) is 5.82 Å². The monoisotopic (exact) mass is 575 g/mol. The minimum Gasteiger partial charge on any atom is -0.488 e. The van der Waals surface area contributed by atoms with Crippen molar-refractivity contribution in [2.24, 2.45) is 5.10 Å². The maximum atomic E-state index is 13.3. The third kappa shape index (κ3) is 5.04. The molecule has 0 bridgehead atoms. The largest absolute Gasteiger partial charge is 0.488 e. The van der Waals surface area contributed by atoms with Gasteiger partial charge in [0.1, 0.15) is 12.4 Å². The number of halogens is 4. The number of ether oxygens (including phenoxy) is 1. The highest BCUT2D eigenvalue weighted by Crippen LogP contribution is 2.32. The highest BCUT2D eigenvalue weighted by atomic mass is 127. The molecule has 0 aliphatic carbocycles. The minimum absolute atomic E-state index is 0.00619. The summed E-state index contributed by atoms with van der Waals surface area (Å²) < 4.78 is 47.3. The fourth-order valence-electron chi connectivity index (χ4n) is 3.24. The molecule has 4 rings (SSSR count). The first-order valence-corrected chi connectivity index (χ1v) is 11.1. The van der Waals surface area contributed by atoms with Gasteiger partial charge in [-0.2, -0.15) is 22.9 Å². The van der Waals surface area contributed by atoms with E-state index in [9.17, 15) is 18.0 Å². The van der Waals surface area contributed by atoms with Crippen molar-refractivity contribution < 1.29 is 17.9 Å². The Kier molecular flexibility index (Phi) is 6.82. The van der Waals surface area contributed by atoms with E-state index in [1.165, 1.54) is 18.3 Å². The Labute approximate surface area is 206 Å². The first kappa shape index (κ1) is 23.7. The molecule has 34 heavy (non-hydrogen) atoms. The topological polar surface area (TPSA) is 56.5 Å². The Morgan fingerprint density at radius 2 is 1.88 bits per heavy atom. The zero-order valence-corrected chi connectivity index (χ0v) is 19.7. The smallest absolute Gasteiger partial charge is 0.416 e. The van der Waals surface area contributed by atoms with Crippen LogP contribution in [0.1, 0.15) is 11.1 Å². The number of fused-ring (bicyclic) bond motifs is 1. The van der Waals surface area contributed by atoms with Crippen LogP contribution in [-0.4, -0.2) is 22.5 Å². The average molecular weight is 575 g/mol. The molecule has 9 heteroatoms. The molecule has 1 heterocycles. The molecule has 0 amide bonds. The van der Waals surface area contributed by atoms with Crippen LogP contribution in [-0.2, 0) is 6.18 Å². The van der Waals surface area contributed by atoms with Crippen molar-refractivity contribution in [2.45, 2.75) is 6.18 Å². The van der Waals surface area contributed by atoms with Gasteiger partial charge in [0.25, 0.3) is 5.56 Å². The normalized spacial score (nSPS) is 11.8. The molecule has 3 aromatic carbocycles. The summed E-state index contributed by atoms with van der Waals surface area (Å²) in [7, 11) is 0. The number of hydrogen-bond acceptors (Lipinski definition) is 4. The summed E-state index contributed by atoms with van der Waals surface area (Å²) in [6.45, 7) is 3.98. The molecule has 0 fully saturated rings. The number of nitrogens with zero attached hydrogens (tertiary/aromatic N) is 3. The van der Waals surface area contributed by atoms with Crippen molar-refractivity contribution in [2.75, 3.05) is 6.61 Å². The van der Waals surface area contributed by atoms with Crippen molar-refractivity contribution in [1.29, 1.82) is 0 Å². The summed E-state index contributed by atoms with van der Waals surface area (Å²) >= 11 is 2.12. The van der Waals surface area contributed by atoms with Crippen LogP contribution in [0.25, 0.3) is 22.3 Å². The van der Waals surface area contributed by atoms with Crippen molar-refractivity contribution >= 4 is 39.7 Å². The fraction of sp³-hybridized carbons (Fsp3) is 0.0800. The minimum atomic E-state index is -4.53. The molecule has 0 saturated heterocycles. The van der Waals surface area contributed by atoms with Crippen molar-refractivity contribution in [3.63, 3.8) is 0 Å². The zero-order chi connectivity index (χ0) is 24.3. The Balaban J connectivity index is 1.84. The maximum Gasteiger partial charge on any atom is 0.416 e. The molecule has 0 spiro atoms. The molecule has 0 unspecified atom stereocenters. The highest BCUT2D eigenvalue weighted by Gasteiger charge is 2.30. The fourth-order valence-corrected chi connectivity index (χ4v) is 3.93. The van der Waals surface area contributed by atoms with E-state index < -0.39 is 17.3 Å². The quantitative estimate of drug-likeness (QED) is 0.158. The van der Waals surface area contributed by atoms with Gasteiger partial charge in [0.05, 0.1) is 26.3 Å². The molecule has 0 radical (unpaired) electrons. The zero-order valence-electron chi connectivity index (χ0n) is 17.6. The molecule has 0 saturated carbocycles. The van der Waals surface area contributed by atoms with Gasteiger partial charge in [0.2, 0.25) is 0 Å². The highest BCUT2D eigenvalue weighted by molar-refractivity contribution is 14.1. The SMILES string of the molecule is C=CCOc1ccc(C=Nn2c(-c3cccc(C(F)(F)F)c3)nc3ccccc3c2=O)cc1I. The lowest BCUT2D eigenvalue weighted by molar-refractivity contribution is -0.137. The van der Waals surface area contributed by atoms with E-state index in [4.69, 9.17) is 4.74 Å². The summed E-state index contributed by atoms with van der Waals surface area (Å²) in [6.07, 6.45) is -1.44. The second-order valence-corrected chi connectivity index (χ2v) is 8.34. The van der Waals surface area contributed by atoms with E-state index in [1.807, 2.05) is 6.07 Å². The first-order valence-electron chi connectivity index (χ1n) is 10.0. The lowest BCUT2D eigenvalue weighted by Crippen LogP contribution is -2.20. The summed E-state index contributed by atoms with van der Waals surface area (Å²) in [5, 5.41) is 4.61. The van der Waals surface area contributed by atoms with Crippen LogP contribution in [0, 0.1) is 3.57 Å². The third-order valence-corrected chi connectivity index (χ3v) is 5.68. The van der Waals surface area contributed by atoms with Gasteiger partial charge in [-0.15, -0.1) is 0 Å². The third-order valence-electron chi connectivity index (χ3n) is 4.84. The van der Waals surface area contributed by atoms with E-state index >= 15 is 0 Å². The number of benzene rings is 3. The van der Waals surface area contributed by atoms with Gasteiger partial charge in [-0.05, 0) is 70.6 Å². The molecule has 1 aromatic heterocycles. The van der Waals surface area contributed by atoms with E-state index in [2.05, 4.69) is 39.3 Å². The molecule has 5 nitrogen and oxygen atoms in total. The van der Waals surface area contributed by atoms with E-state index in [-0.39, 0.29) is 11.4 Å². The van der Waals surface area contributed by atoms with Crippen LogP contribution >= 0.6 is 22.6 Å². The van der Waals surface area contributed by atoms with Crippen LogP contribution in [0.3, 0.4) is 0 Å². The van der Waals surface area contributed by atoms with Gasteiger partial charge in [-0.3, -0.25) is 4.79 Å². The second-order valence-electron chi connectivity index (χ2n) is 7.18. The summed E-state index contributed by atoms with van der Waals surface area (Å²) in [5.41, 5.74) is -0.171. The molecular formula is C25H17F3IN3O2. The number of aromatic nitrogens is 2. The van der Waals surface area contributed by atoms with E-state index in [0.717, 1.165) is 20.4 Å². The molecule has 172 valence electrons. The Morgan fingerprint density at radius 3 is 2.62 bits per heavy atom. The Hall–Kier alpha value is -3.47. The molecule has 0 atom stereocenters. The maximum absolute atomic E-state index is 13.3. The molecular weight excluding hydrogens is 558 g/mol. The van der Waals surface area contributed by atoms with Crippen LogP contribution < -0.4 is 10.3 Å². The summed E-state index contributed by atoms with van der Waals surface area (Å²) in [5.74, 6) is 0.679.